The predicted molar refractivity (Wildman–Crippen MR) is 107 cm³/mol. The molecule has 1 atom stereocenters. The van der Waals surface area contributed by atoms with Crippen molar-refractivity contribution in [2.24, 2.45) is 0 Å². The van der Waals surface area contributed by atoms with Crippen LogP contribution in [0.4, 0.5) is 16.0 Å². The van der Waals surface area contributed by atoms with E-state index in [4.69, 9.17) is 4.74 Å². The van der Waals surface area contributed by atoms with Gasteiger partial charge < -0.3 is 15.4 Å². The summed E-state index contributed by atoms with van der Waals surface area (Å²) in [4.78, 5) is 17.5. The molecule has 29 heavy (non-hydrogen) atoms. The Morgan fingerprint density at radius 1 is 1.24 bits per heavy atom. The minimum atomic E-state index is -0.548. The molecule has 0 unspecified atom stereocenters. The number of carbonyl (C=O) groups is 1. The summed E-state index contributed by atoms with van der Waals surface area (Å²) in [6, 6.07) is 12.7. The SMILES string of the molecule is CCOc1ccccc1NC(=O)C1=C(C)Nc2ncnn2[C@H]1c1ccc(F)cc1. The lowest BCUT2D eigenvalue weighted by atomic mass is 9.95. The van der Waals surface area contributed by atoms with Gasteiger partial charge >= 0.3 is 0 Å². The zero-order valence-electron chi connectivity index (χ0n) is 16.0. The highest BCUT2D eigenvalue weighted by Crippen LogP contribution is 2.36. The van der Waals surface area contributed by atoms with Gasteiger partial charge in [0.2, 0.25) is 5.95 Å². The van der Waals surface area contributed by atoms with E-state index < -0.39 is 6.04 Å². The van der Waals surface area contributed by atoms with Gasteiger partial charge in [-0.1, -0.05) is 24.3 Å². The highest BCUT2D eigenvalue weighted by atomic mass is 19.1. The fourth-order valence-electron chi connectivity index (χ4n) is 3.38. The third kappa shape index (κ3) is 3.56. The van der Waals surface area contributed by atoms with Gasteiger partial charge in [0.15, 0.2) is 0 Å². The molecule has 148 valence electrons. The maximum atomic E-state index is 13.5. The van der Waals surface area contributed by atoms with E-state index in [0.717, 1.165) is 5.56 Å². The van der Waals surface area contributed by atoms with Crippen LogP contribution in [0, 0.1) is 5.82 Å². The van der Waals surface area contributed by atoms with Crippen molar-refractivity contribution in [1.29, 1.82) is 0 Å². The maximum Gasteiger partial charge on any atom is 0.255 e. The number of halogens is 1. The highest BCUT2D eigenvalue weighted by Gasteiger charge is 2.33. The third-order valence-corrected chi connectivity index (χ3v) is 4.66. The second kappa shape index (κ2) is 7.75. The van der Waals surface area contributed by atoms with Crippen molar-refractivity contribution in [1.82, 2.24) is 14.8 Å². The molecule has 8 heteroatoms. The van der Waals surface area contributed by atoms with Crippen LogP contribution in [0.15, 0.2) is 66.1 Å². The van der Waals surface area contributed by atoms with E-state index in [1.54, 1.807) is 35.9 Å². The first-order valence-electron chi connectivity index (χ1n) is 9.24. The Morgan fingerprint density at radius 2 is 2.00 bits per heavy atom. The molecule has 0 aliphatic carbocycles. The first-order chi connectivity index (χ1) is 14.1. The number of para-hydroxylation sites is 2. The van der Waals surface area contributed by atoms with Crippen LogP contribution >= 0.6 is 0 Å². The van der Waals surface area contributed by atoms with Crippen molar-refractivity contribution >= 4 is 17.5 Å². The molecule has 0 fully saturated rings. The van der Waals surface area contributed by atoms with E-state index >= 15 is 0 Å². The van der Waals surface area contributed by atoms with E-state index in [1.165, 1.54) is 18.5 Å². The molecule has 0 saturated heterocycles. The number of anilines is 2. The number of ether oxygens (including phenoxy) is 1. The van der Waals surface area contributed by atoms with Gasteiger partial charge in [-0.15, -0.1) is 0 Å². The lowest BCUT2D eigenvalue weighted by Gasteiger charge is -2.29. The Balaban J connectivity index is 1.74. The van der Waals surface area contributed by atoms with Crippen molar-refractivity contribution < 1.29 is 13.9 Å². The number of benzene rings is 2. The van der Waals surface area contributed by atoms with Gasteiger partial charge in [0.25, 0.3) is 5.91 Å². The van der Waals surface area contributed by atoms with Crippen LogP contribution in [-0.4, -0.2) is 27.3 Å². The van der Waals surface area contributed by atoms with Gasteiger partial charge in [0.1, 0.15) is 23.9 Å². The van der Waals surface area contributed by atoms with Gasteiger partial charge in [-0.25, -0.2) is 9.07 Å². The van der Waals surface area contributed by atoms with Crippen LogP contribution < -0.4 is 15.4 Å². The van der Waals surface area contributed by atoms with Crippen LogP contribution in [0.1, 0.15) is 25.5 Å². The average molecular weight is 393 g/mol. The molecule has 7 nitrogen and oxygen atoms in total. The van der Waals surface area contributed by atoms with Gasteiger partial charge in [-0.05, 0) is 43.7 Å². The largest absolute Gasteiger partial charge is 0.492 e. The second-order valence-corrected chi connectivity index (χ2v) is 6.53. The number of hydrogen-bond donors (Lipinski definition) is 2. The second-order valence-electron chi connectivity index (χ2n) is 6.53. The Bertz CT molecular complexity index is 1070. The lowest BCUT2D eigenvalue weighted by molar-refractivity contribution is -0.113. The Labute approximate surface area is 167 Å². The van der Waals surface area contributed by atoms with Crippen molar-refractivity contribution in [3.05, 3.63) is 77.5 Å². The van der Waals surface area contributed by atoms with Gasteiger partial charge in [-0.3, -0.25) is 4.79 Å². The summed E-state index contributed by atoms with van der Waals surface area (Å²) in [6.45, 7) is 4.17. The van der Waals surface area contributed by atoms with Crippen molar-refractivity contribution in [3.63, 3.8) is 0 Å². The van der Waals surface area contributed by atoms with Crippen LogP contribution in [0.2, 0.25) is 0 Å². The zero-order valence-corrected chi connectivity index (χ0v) is 16.0. The first-order valence-corrected chi connectivity index (χ1v) is 9.24. The molecule has 1 aliphatic rings. The first kappa shape index (κ1) is 18.7. The summed E-state index contributed by atoms with van der Waals surface area (Å²) >= 11 is 0. The normalized spacial score (nSPS) is 15.5. The predicted octanol–water partition coefficient (Wildman–Crippen LogP) is 3.74. The van der Waals surface area contributed by atoms with Crippen LogP contribution in [0.25, 0.3) is 0 Å². The highest BCUT2D eigenvalue weighted by molar-refractivity contribution is 6.06. The summed E-state index contributed by atoms with van der Waals surface area (Å²) in [5, 5.41) is 10.3. The van der Waals surface area contributed by atoms with E-state index in [9.17, 15) is 9.18 Å². The number of amides is 1. The molecule has 2 heterocycles. The zero-order chi connectivity index (χ0) is 20.4. The standard InChI is InChI=1S/C21H20FN5O2/c1-3-29-17-7-5-4-6-16(17)26-20(28)18-13(2)25-21-23-12-24-27(21)19(18)14-8-10-15(22)11-9-14/h4-12,19H,3H2,1-2H3,(H,26,28)(H,23,24,25)/t19-/m0/s1. The van der Waals surface area contributed by atoms with Gasteiger partial charge in [0.05, 0.1) is 17.9 Å². The minimum absolute atomic E-state index is 0.308. The molecular weight excluding hydrogens is 373 g/mol. The van der Waals surface area contributed by atoms with Gasteiger partial charge in [0, 0.05) is 5.70 Å². The quantitative estimate of drug-likeness (QED) is 0.690. The van der Waals surface area contributed by atoms with Crippen molar-refractivity contribution in [2.45, 2.75) is 19.9 Å². The molecule has 4 rings (SSSR count). The summed E-state index contributed by atoms with van der Waals surface area (Å²) in [5.74, 6) is 0.449. The van der Waals surface area contributed by atoms with Gasteiger partial charge in [-0.2, -0.15) is 10.1 Å². The monoisotopic (exact) mass is 393 g/mol. The number of aromatic nitrogens is 3. The minimum Gasteiger partial charge on any atom is -0.492 e. The molecule has 1 aliphatic heterocycles. The Kier molecular flexibility index (Phi) is 4.99. The molecule has 0 bridgehead atoms. The number of rotatable bonds is 5. The molecule has 2 aromatic carbocycles. The number of allylic oxidation sites excluding steroid dienone is 1. The fraction of sp³-hybridized carbons (Fsp3) is 0.190. The van der Waals surface area contributed by atoms with Crippen LogP contribution in [0.5, 0.6) is 5.75 Å². The third-order valence-electron chi connectivity index (χ3n) is 4.66. The average Bonchev–Trinajstić information content (AvgIpc) is 3.17. The maximum absolute atomic E-state index is 13.5. The Hall–Kier alpha value is -3.68. The van der Waals surface area contributed by atoms with E-state index in [1.807, 2.05) is 19.1 Å². The summed E-state index contributed by atoms with van der Waals surface area (Å²) < 4.78 is 20.7. The number of fused-ring (bicyclic) bond motifs is 1. The van der Waals surface area contributed by atoms with E-state index in [0.29, 0.717) is 35.3 Å². The molecule has 1 amide bonds. The van der Waals surface area contributed by atoms with Crippen molar-refractivity contribution in [2.75, 3.05) is 17.2 Å². The smallest absolute Gasteiger partial charge is 0.255 e. The lowest BCUT2D eigenvalue weighted by Crippen LogP contribution is -2.31. The molecule has 0 saturated carbocycles. The number of nitrogens with one attached hydrogen (secondary N) is 2. The molecule has 0 radical (unpaired) electrons. The molecular formula is C21H20FN5O2. The number of nitrogens with zero attached hydrogens (tertiary/aromatic N) is 3. The topological polar surface area (TPSA) is 81.1 Å². The van der Waals surface area contributed by atoms with E-state index in [-0.39, 0.29) is 11.7 Å². The molecule has 3 aromatic rings. The molecule has 1 aromatic heterocycles. The van der Waals surface area contributed by atoms with Crippen LogP contribution in [0.3, 0.4) is 0 Å². The van der Waals surface area contributed by atoms with Crippen molar-refractivity contribution in [3.8, 4) is 5.75 Å². The summed E-state index contributed by atoms with van der Waals surface area (Å²) in [5.41, 5.74) is 2.40. The Morgan fingerprint density at radius 3 is 2.76 bits per heavy atom. The number of hydrogen-bond acceptors (Lipinski definition) is 5. The van der Waals surface area contributed by atoms with E-state index in [2.05, 4.69) is 20.7 Å². The number of carbonyl (C=O) groups excluding carboxylic acids is 1. The molecule has 0 spiro atoms. The van der Waals surface area contributed by atoms with Crippen LogP contribution in [-0.2, 0) is 4.79 Å². The molecule has 2 N–H and O–H groups in total. The fourth-order valence-corrected chi connectivity index (χ4v) is 3.38. The summed E-state index contributed by atoms with van der Waals surface area (Å²) in [6.07, 6.45) is 1.41. The summed E-state index contributed by atoms with van der Waals surface area (Å²) in [7, 11) is 0.